The Morgan fingerprint density at radius 2 is 1.22 bits per heavy atom. The van der Waals surface area contributed by atoms with Gasteiger partial charge in [0.2, 0.25) is 0 Å². The molecular formula is C21H43NSi. The van der Waals surface area contributed by atoms with E-state index in [-0.39, 0.29) is 0 Å². The van der Waals surface area contributed by atoms with Crippen molar-refractivity contribution in [1.29, 1.82) is 0 Å². The fourth-order valence-corrected chi connectivity index (χ4v) is 5.94. The minimum atomic E-state index is -0.605. The molecule has 1 unspecified atom stereocenters. The van der Waals surface area contributed by atoms with Gasteiger partial charge in [-0.1, -0.05) is 88.6 Å². The molecule has 1 atom stereocenters. The van der Waals surface area contributed by atoms with Crippen LogP contribution in [-0.2, 0) is 0 Å². The standard InChI is InChI=1S/C21H43NSi/c1-5-23(6-2)19-20(3)21(4)22-17-15-13-11-9-7-8-10-12-14-16-18-22/h19,21,23H,5-18H2,1-4H3. The number of hydrogen-bond donors (Lipinski definition) is 0. The summed E-state index contributed by atoms with van der Waals surface area (Å²) in [4.78, 5) is 2.79. The molecule has 1 saturated heterocycles. The molecule has 1 heterocycles. The SMILES string of the molecule is CC[SiH](C=C(C)C(C)N1CCCCCCCCCCCC1)CC. The predicted molar refractivity (Wildman–Crippen MR) is 109 cm³/mol. The normalized spacial score (nSPS) is 22.2. The molecule has 1 nitrogen and oxygen atoms in total. The van der Waals surface area contributed by atoms with E-state index in [1.165, 1.54) is 89.4 Å². The predicted octanol–water partition coefficient (Wildman–Crippen LogP) is 6.34. The van der Waals surface area contributed by atoms with E-state index in [1.54, 1.807) is 5.57 Å². The molecule has 0 aromatic heterocycles. The van der Waals surface area contributed by atoms with Gasteiger partial charge in [0.05, 0.1) is 8.80 Å². The second-order valence-electron chi connectivity index (χ2n) is 7.73. The third-order valence-corrected chi connectivity index (χ3v) is 8.99. The Bertz CT molecular complexity index is 295. The van der Waals surface area contributed by atoms with Crippen molar-refractivity contribution < 1.29 is 0 Å². The fourth-order valence-electron chi connectivity index (χ4n) is 3.87. The van der Waals surface area contributed by atoms with E-state index >= 15 is 0 Å². The first-order chi connectivity index (χ1) is 11.2. The van der Waals surface area contributed by atoms with E-state index in [9.17, 15) is 0 Å². The highest BCUT2D eigenvalue weighted by Gasteiger charge is 2.16. The molecule has 0 aromatic carbocycles. The van der Waals surface area contributed by atoms with Gasteiger partial charge in [-0.3, -0.25) is 4.90 Å². The maximum atomic E-state index is 2.79. The molecule has 1 rings (SSSR count). The molecular weight excluding hydrogens is 294 g/mol. The third kappa shape index (κ3) is 9.10. The van der Waals surface area contributed by atoms with Crippen LogP contribution in [0.2, 0.25) is 12.1 Å². The average molecular weight is 338 g/mol. The van der Waals surface area contributed by atoms with E-state index < -0.39 is 8.80 Å². The molecule has 1 aliphatic heterocycles. The van der Waals surface area contributed by atoms with Crippen LogP contribution in [0, 0.1) is 0 Å². The largest absolute Gasteiger partial charge is 0.297 e. The maximum Gasteiger partial charge on any atom is 0.0609 e. The Balaban J connectivity index is 2.58. The highest BCUT2D eigenvalue weighted by molar-refractivity contribution is 6.64. The van der Waals surface area contributed by atoms with Crippen LogP contribution in [0.5, 0.6) is 0 Å². The van der Waals surface area contributed by atoms with Crippen molar-refractivity contribution >= 4 is 8.80 Å². The highest BCUT2D eigenvalue weighted by Crippen LogP contribution is 2.18. The van der Waals surface area contributed by atoms with Crippen LogP contribution in [0.25, 0.3) is 0 Å². The monoisotopic (exact) mass is 337 g/mol. The third-order valence-electron chi connectivity index (χ3n) is 5.89. The molecule has 0 bridgehead atoms. The second-order valence-corrected chi connectivity index (χ2v) is 11.2. The summed E-state index contributed by atoms with van der Waals surface area (Å²) in [6.45, 7) is 12.3. The topological polar surface area (TPSA) is 3.24 Å². The van der Waals surface area contributed by atoms with Crippen molar-refractivity contribution in [2.24, 2.45) is 0 Å². The summed E-state index contributed by atoms with van der Waals surface area (Å²) in [6.07, 6.45) is 14.5. The van der Waals surface area contributed by atoms with Gasteiger partial charge in [0.15, 0.2) is 0 Å². The second kappa shape index (κ2) is 13.2. The summed E-state index contributed by atoms with van der Waals surface area (Å²) in [7, 11) is -0.605. The van der Waals surface area contributed by atoms with Gasteiger partial charge in [-0.25, -0.2) is 0 Å². The van der Waals surface area contributed by atoms with Gasteiger partial charge in [0, 0.05) is 6.04 Å². The molecule has 136 valence electrons. The van der Waals surface area contributed by atoms with Gasteiger partial charge in [0.1, 0.15) is 0 Å². The molecule has 0 aromatic rings. The molecule has 1 fully saturated rings. The van der Waals surface area contributed by atoms with E-state index in [4.69, 9.17) is 0 Å². The highest BCUT2D eigenvalue weighted by atomic mass is 28.3. The molecule has 2 heteroatoms. The van der Waals surface area contributed by atoms with Crippen molar-refractivity contribution in [1.82, 2.24) is 4.90 Å². The first kappa shape index (κ1) is 21.0. The lowest BCUT2D eigenvalue weighted by molar-refractivity contribution is 0.223. The molecule has 0 spiro atoms. The number of rotatable bonds is 5. The van der Waals surface area contributed by atoms with E-state index in [2.05, 4.69) is 38.3 Å². The van der Waals surface area contributed by atoms with Crippen LogP contribution < -0.4 is 0 Å². The smallest absolute Gasteiger partial charge is 0.0609 e. The fraction of sp³-hybridized carbons (Fsp3) is 0.905. The first-order valence-electron chi connectivity index (χ1n) is 10.6. The van der Waals surface area contributed by atoms with Crippen molar-refractivity contribution in [3.8, 4) is 0 Å². The van der Waals surface area contributed by atoms with E-state index in [0.717, 1.165) is 0 Å². The lowest BCUT2D eigenvalue weighted by atomic mass is 10.1. The van der Waals surface area contributed by atoms with Crippen LogP contribution in [-0.4, -0.2) is 32.8 Å². The van der Waals surface area contributed by atoms with Gasteiger partial charge in [-0.2, -0.15) is 0 Å². The van der Waals surface area contributed by atoms with Crippen molar-refractivity contribution in [2.75, 3.05) is 13.1 Å². The van der Waals surface area contributed by atoms with E-state index in [0.29, 0.717) is 6.04 Å². The average Bonchev–Trinajstić information content (AvgIpc) is 2.59. The van der Waals surface area contributed by atoms with E-state index in [1.807, 2.05) is 0 Å². The van der Waals surface area contributed by atoms with Gasteiger partial charge in [-0.15, -0.1) is 0 Å². The van der Waals surface area contributed by atoms with Crippen LogP contribution >= 0.6 is 0 Å². The van der Waals surface area contributed by atoms with Crippen LogP contribution in [0.15, 0.2) is 11.3 Å². The van der Waals surface area contributed by atoms with Crippen molar-refractivity contribution in [3.05, 3.63) is 11.3 Å². The summed E-state index contributed by atoms with van der Waals surface area (Å²) in [5.74, 6) is 0. The first-order valence-corrected chi connectivity index (χ1v) is 12.9. The molecule has 23 heavy (non-hydrogen) atoms. The molecule has 0 amide bonds. The molecule has 0 radical (unpaired) electrons. The Labute approximate surface area is 148 Å². The van der Waals surface area contributed by atoms with Gasteiger partial charge in [0.25, 0.3) is 0 Å². The van der Waals surface area contributed by atoms with Crippen LogP contribution in [0.3, 0.4) is 0 Å². The number of nitrogens with zero attached hydrogens (tertiary/aromatic N) is 1. The zero-order valence-electron chi connectivity index (χ0n) is 16.6. The Morgan fingerprint density at radius 3 is 1.61 bits per heavy atom. The molecule has 1 aliphatic rings. The van der Waals surface area contributed by atoms with Crippen LogP contribution in [0.1, 0.15) is 91.9 Å². The Hall–Kier alpha value is -0.0831. The molecule has 0 N–H and O–H groups in total. The minimum absolute atomic E-state index is 0.605. The summed E-state index contributed by atoms with van der Waals surface area (Å²) in [6, 6.07) is 3.49. The zero-order chi connectivity index (χ0) is 16.9. The number of hydrogen-bond acceptors (Lipinski definition) is 1. The molecule has 0 aliphatic carbocycles. The molecule has 0 saturated carbocycles. The van der Waals surface area contributed by atoms with Crippen molar-refractivity contribution in [3.63, 3.8) is 0 Å². The lowest BCUT2D eigenvalue weighted by Gasteiger charge is -2.30. The van der Waals surface area contributed by atoms with Gasteiger partial charge >= 0.3 is 0 Å². The van der Waals surface area contributed by atoms with Crippen LogP contribution in [0.4, 0.5) is 0 Å². The van der Waals surface area contributed by atoms with Crippen molar-refractivity contribution in [2.45, 2.75) is 110 Å². The maximum absolute atomic E-state index is 2.79. The minimum Gasteiger partial charge on any atom is -0.297 e. The summed E-state index contributed by atoms with van der Waals surface area (Å²) < 4.78 is 0. The summed E-state index contributed by atoms with van der Waals surface area (Å²) in [5.41, 5.74) is 4.36. The Kier molecular flexibility index (Phi) is 12.1. The summed E-state index contributed by atoms with van der Waals surface area (Å²) >= 11 is 0. The summed E-state index contributed by atoms with van der Waals surface area (Å²) in [5, 5.41) is 0. The lowest BCUT2D eigenvalue weighted by Crippen LogP contribution is -2.36. The van der Waals surface area contributed by atoms with Gasteiger partial charge in [-0.05, 0) is 39.8 Å². The quantitative estimate of drug-likeness (QED) is 0.529. The van der Waals surface area contributed by atoms with Gasteiger partial charge < -0.3 is 0 Å². The zero-order valence-corrected chi connectivity index (χ0v) is 17.7. The Morgan fingerprint density at radius 1 is 0.826 bits per heavy atom.